The van der Waals surface area contributed by atoms with Crippen molar-refractivity contribution < 1.29 is 13.2 Å². The highest BCUT2D eigenvalue weighted by molar-refractivity contribution is 7.89. The molecule has 0 unspecified atom stereocenters. The number of hydrogen-bond donors (Lipinski definition) is 1. The highest BCUT2D eigenvalue weighted by Gasteiger charge is 2.36. The van der Waals surface area contributed by atoms with Crippen molar-refractivity contribution >= 4 is 15.9 Å². The van der Waals surface area contributed by atoms with Gasteiger partial charge < -0.3 is 5.32 Å². The van der Waals surface area contributed by atoms with Crippen LogP contribution in [0.4, 0.5) is 0 Å². The first kappa shape index (κ1) is 19.9. The summed E-state index contributed by atoms with van der Waals surface area (Å²) >= 11 is 0. The molecule has 2 atom stereocenters. The van der Waals surface area contributed by atoms with E-state index in [4.69, 9.17) is 0 Å². The summed E-state index contributed by atoms with van der Waals surface area (Å²) in [6.07, 6.45) is 5.40. The molecule has 5 nitrogen and oxygen atoms in total. The molecule has 1 fully saturated rings. The van der Waals surface area contributed by atoms with Crippen LogP contribution in [0, 0.1) is 6.92 Å². The smallest absolute Gasteiger partial charge is 0.243 e. The number of carbonyl (C=O) groups is 1. The zero-order valence-electron chi connectivity index (χ0n) is 15.5. The molecule has 0 radical (unpaired) electrons. The lowest BCUT2D eigenvalue weighted by Crippen LogP contribution is -2.51. The Morgan fingerprint density at radius 1 is 1.24 bits per heavy atom. The molecule has 0 bridgehead atoms. The first-order chi connectivity index (χ1) is 11.8. The highest BCUT2D eigenvalue weighted by Crippen LogP contribution is 2.28. The predicted molar refractivity (Wildman–Crippen MR) is 99.8 cm³/mol. The van der Waals surface area contributed by atoms with Crippen LogP contribution in [0.15, 0.2) is 29.2 Å². The largest absolute Gasteiger partial charge is 0.354 e. The minimum atomic E-state index is -3.50. The summed E-state index contributed by atoms with van der Waals surface area (Å²) in [5.41, 5.74) is 1.04. The van der Waals surface area contributed by atoms with Gasteiger partial charge in [0.05, 0.1) is 4.90 Å². The third-order valence-corrected chi connectivity index (χ3v) is 6.80. The fourth-order valence-electron chi connectivity index (χ4n) is 3.50. The normalized spacial score (nSPS) is 21.9. The van der Waals surface area contributed by atoms with Gasteiger partial charge in [-0.2, -0.15) is 4.31 Å². The summed E-state index contributed by atoms with van der Waals surface area (Å²) in [7, 11) is -3.50. The maximum atomic E-state index is 13.1. The van der Waals surface area contributed by atoms with Crippen LogP contribution in [0.5, 0.6) is 0 Å². The third kappa shape index (κ3) is 5.28. The molecule has 0 aromatic heterocycles. The Labute approximate surface area is 151 Å². The van der Waals surface area contributed by atoms with Gasteiger partial charge in [-0.3, -0.25) is 4.79 Å². The van der Waals surface area contributed by atoms with Gasteiger partial charge in [-0.05, 0) is 38.3 Å². The number of piperidine rings is 1. The highest BCUT2D eigenvalue weighted by atomic mass is 32.2. The number of sulfonamides is 1. The van der Waals surface area contributed by atoms with Crippen LogP contribution in [-0.4, -0.2) is 37.3 Å². The van der Waals surface area contributed by atoms with E-state index in [2.05, 4.69) is 12.2 Å². The summed E-state index contributed by atoms with van der Waals surface area (Å²) in [6.45, 7) is 6.06. The average Bonchev–Trinajstić information content (AvgIpc) is 2.55. The fraction of sp³-hybridized carbons (Fsp3) is 0.632. The van der Waals surface area contributed by atoms with E-state index in [9.17, 15) is 13.2 Å². The van der Waals surface area contributed by atoms with Crippen molar-refractivity contribution in [3.05, 3.63) is 29.8 Å². The number of carbonyl (C=O) groups excluding carboxylic acids is 1. The molecule has 1 saturated heterocycles. The molecular weight excluding hydrogens is 336 g/mol. The molecule has 1 aliphatic heterocycles. The van der Waals surface area contributed by atoms with E-state index in [-0.39, 0.29) is 18.0 Å². The molecular formula is C19H30N2O3S. The monoisotopic (exact) mass is 366 g/mol. The lowest BCUT2D eigenvalue weighted by atomic mass is 9.95. The maximum Gasteiger partial charge on any atom is 0.243 e. The van der Waals surface area contributed by atoms with Crippen molar-refractivity contribution in [2.45, 2.75) is 76.3 Å². The van der Waals surface area contributed by atoms with Gasteiger partial charge in [0.15, 0.2) is 0 Å². The van der Waals surface area contributed by atoms with Crippen LogP contribution in [0.25, 0.3) is 0 Å². The van der Waals surface area contributed by atoms with E-state index in [1.807, 2.05) is 19.1 Å². The van der Waals surface area contributed by atoms with Gasteiger partial charge in [0.25, 0.3) is 0 Å². The molecule has 1 aromatic rings. The summed E-state index contributed by atoms with van der Waals surface area (Å²) in [4.78, 5) is 11.7. The topological polar surface area (TPSA) is 66.5 Å². The lowest BCUT2D eigenvalue weighted by Gasteiger charge is -2.39. The van der Waals surface area contributed by atoms with E-state index in [0.29, 0.717) is 24.3 Å². The fourth-order valence-corrected chi connectivity index (χ4v) is 5.18. The van der Waals surface area contributed by atoms with Crippen LogP contribution >= 0.6 is 0 Å². The number of rotatable bonds is 7. The number of hydrogen-bond acceptors (Lipinski definition) is 3. The Morgan fingerprint density at radius 3 is 2.52 bits per heavy atom. The Hall–Kier alpha value is -1.40. The Balaban J connectivity index is 2.20. The first-order valence-corrected chi connectivity index (χ1v) is 10.6. The van der Waals surface area contributed by atoms with Gasteiger partial charge in [0.1, 0.15) is 0 Å². The molecule has 1 N–H and O–H groups in total. The SMILES string of the molecule is CCCCC[C@@H]1C[C@@H](NC(C)=O)CCN1S(=O)(=O)c1ccc(C)cc1. The molecule has 6 heteroatoms. The molecule has 0 saturated carbocycles. The molecule has 25 heavy (non-hydrogen) atoms. The maximum absolute atomic E-state index is 13.1. The van der Waals surface area contributed by atoms with Gasteiger partial charge in [0.2, 0.25) is 15.9 Å². The minimum Gasteiger partial charge on any atom is -0.354 e. The number of nitrogens with one attached hydrogen (secondary N) is 1. The Kier molecular flexibility index (Phi) is 7.02. The third-order valence-electron chi connectivity index (χ3n) is 4.84. The van der Waals surface area contributed by atoms with E-state index < -0.39 is 10.0 Å². The van der Waals surface area contributed by atoms with Crippen LogP contribution < -0.4 is 5.32 Å². The molecule has 1 heterocycles. The molecule has 1 amide bonds. The van der Waals surface area contributed by atoms with Gasteiger partial charge >= 0.3 is 0 Å². The summed E-state index contributed by atoms with van der Waals surface area (Å²) in [5, 5.41) is 2.96. The Bertz CT molecular complexity index is 670. The van der Waals surface area contributed by atoms with E-state index >= 15 is 0 Å². The zero-order valence-corrected chi connectivity index (χ0v) is 16.3. The standard InChI is InChI=1S/C19H30N2O3S/c1-4-5-6-7-18-14-17(20-16(3)22)12-13-21(18)25(23,24)19-10-8-15(2)9-11-19/h8-11,17-18H,4-7,12-14H2,1-3H3,(H,20,22)/t17-,18+/m0/s1. The van der Waals surface area contributed by atoms with Crippen molar-refractivity contribution in [2.24, 2.45) is 0 Å². The van der Waals surface area contributed by atoms with E-state index in [0.717, 1.165) is 31.2 Å². The summed E-state index contributed by atoms with van der Waals surface area (Å²) in [6, 6.07) is 7.06. The second-order valence-electron chi connectivity index (χ2n) is 7.00. The van der Waals surface area contributed by atoms with E-state index in [1.165, 1.54) is 6.92 Å². The second kappa shape index (κ2) is 8.81. The van der Waals surface area contributed by atoms with Crippen molar-refractivity contribution in [1.82, 2.24) is 9.62 Å². The van der Waals surface area contributed by atoms with Crippen LogP contribution in [0.1, 0.15) is 57.9 Å². The zero-order chi connectivity index (χ0) is 18.4. The summed E-state index contributed by atoms with van der Waals surface area (Å²) < 4.78 is 27.9. The number of nitrogens with zero attached hydrogens (tertiary/aromatic N) is 1. The molecule has 0 spiro atoms. The molecule has 1 aromatic carbocycles. The second-order valence-corrected chi connectivity index (χ2v) is 8.89. The molecule has 140 valence electrons. The lowest BCUT2D eigenvalue weighted by molar-refractivity contribution is -0.120. The van der Waals surface area contributed by atoms with Gasteiger partial charge in [-0.1, -0.05) is 43.9 Å². The van der Waals surface area contributed by atoms with Crippen LogP contribution in [0.2, 0.25) is 0 Å². The van der Waals surface area contributed by atoms with Crippen molar-refractivity contribution in [1.29, 1.82) is 0 Å². The predicted octanol–water partition coefficient (Wildman–Crippen LogP) is 3.23. The average molecular weight is 367 g/mol. The van der Waals surface area contributed by atoms with Crippen molar-refractivity contribution in [3.8, 4) is 0 Å². The van der Waals surface area contributed by atoms with Crippen molar-refractivity contribution in [2.75, 3.05) is 6.54 Å². The van der Waals surface area contributed by atoms with Gasteiger partial charge in [-0.15, -0.1) is 0 Å². The minimum absolute atomic E-state index is 0.0489. The van der Waals surface area contributed by atoms with Crippen LogP contribution in [0.3, 0.4) is 0 Å². The summed E-state index contributed by atoms with van der Waals surface area (Å²) in [5.74, 6) is -0.0489. The van der Waals surface area contributed by atoms with Crippen molar-refractivity contribution in [3.63, 3.8) is 0 Å². The number of benzene rings is 1. The molecule has 2 rings (SSSR count). The Morgan fingerprint density at radius 2 is 1.92 bits per heavy atom. The van der Waals surface area contributed by atoms with Gasteiger partial charge in [0, 0.05) is 25.6 Å². The van der Waals surface area contributed by atoms with E-state index in [1.54, 1.807) is 16.4 Å². The number of amides is 1. The number of aryl methyl sites for hydroxylation is 1. The quantitative estimate of drug-likeness (QED) is 0.754. The number of unbranched alkanes of at least 4 members (excludes halogenated alkanes) is 2. The first-order valence-electron chi connectivity index (χ1n) is 9.20. The van der Waals surface area contributed by atoms with Gasteiger partial charge in [-0.25, -0.2) is 8.42 Å². The molecule has 1 aliphatic rings. The van der Waals surface area contributed by atoms with Crippen LogP contribution in [-0.2, 0) is 14.8 Å². The molecule has 0 aliphatic carbocycles.